The first-order valence-electron chi connectivity index (χ1n) is 9.37. The van der Waals surface area contributed by atoms with Crippen molar-refractivity contribution in [1.82, 2.24) is 0 Å². The van der Waals surface area contributed by atoms with E-state index in [2.05, 4.69) is 54.5 Å². The summed E-state index contributed by atoms with van der Waals surface area (Å²) < 4.78 is 5.58. The fourth-order valence-corrected chi connectivity index (χ4v) is 6.14. The third-order valence-corrected chi connectivity index (χ3v) is 7.70. The number of amidine groups is 1. The average molecular weight is 395 g/mol. The minimum atomic E-state index is -0.272. The quantitative estimate of drug-likeness (QED) is 0.757. The molecule has 0 amide bonds. The summed E-state index contributed by atoms with van der Waals surface area (Å²) in [5, 5.41) is 2.91. The molecule has 1 saturated carbocycles. The molecule has 1 unspecified atom stereocenters. The van der Waals surface area contributed by atoms with E-state index in [9.17, 15) is 0 Å². The van der Waals surface area contributed by atoms with Gasteiger partial charge >= 0.3 is 0 Å². The normalized spacial score (nSPS) is 26.0. The summed E-state index contributed by atoms with van der Waals surface area (Å²) in [5.74, 6) is 7.29. The summed E-state index contributed by atoms with van der Waals surface area (Å²) in [4.78, 5) is 6.10. The Hall–Kier alpha value is -1.74. The Morgan fingerprint density at radius 1 is 1.22 bits per heavy atom. The molecule has 3 heterocycles. The predicted octanol–water partition coefficient (Wildman–Crippen LogP) is 4.61. The summed E-state index contributed by atoms with van der Waals surface area (Å²) in [6.45, 7) is 3.74. The number of benzene rings is 1. The Kier molecular flexibility index (Phi) is 4.12. The molecule has 1 aliphatic carbocycles. The van der Waals surface area contributed by atoms with E-state index in [0.29, 0.717) is 11.1 Å². The zero-order valence-electron chi connectivity index (χ0n) is 15.3. The van der Waals surface area contributed by atoms with Gasteiger partial charge in [0.2, 0.25) is 0 Å². The van der Waals surface area contributed by atoms with Crippen molar-refractivity contribution in [1.29, 1.82) is 0 Å². The van der Waals surface area contributed by atoms with Gasteiger partial charge in [-0.25, -0.2) is 0 Å². The third-order valence-electron chi connectivity index (χ3n) is 5.40. The van der Waals surface area contributed by atoms with Crippen LogP contribution in [0.25, 0.3) is 11.1 Å². The molecule has 5 heteroatoms. The molecule has 1 saturated heterocycles. The van der Waals surface area contributed by atoms with Crippen LogP contribution in [0.5, 0.6) is 0 Å². The van der Waals surface area contributed by atoms with Gasteiger partial charge in [0, 0.05) is 16.4 Å². The topological polar surface area (TPSA) is 47.6 Å². The van der Waals surface area contributed by atoms with Gasteiger partial charge in [0.25, 0.3) is 0 Å². The van der Waals surface area contributed by atoms with Crippen molar-refractivity contribution in [2.24, 2.45) is 16.6 Å². The fourth-order valence-electron chi connectivity index (χ4n) is 3.78. The Morgan fingerprint density at radius 2 is 2.07 bits per heavy atom. The van der Waals surface area contributed by atoms with Crippen molar-refractivity contribution >= 4 is 28.3 Å². The molecule has 2 fully saturated rings. The van der Waals surface area contributed by atoms with Crippen LogP contribution in [0.15, 0.2) is 40.7 Å². The van der Waals surface area contributed by atoms with Crippen LogP contribution >= 0.6 is 23.1 Å². The number of nitrogens with two attached hydrogens (primary N) is 1. The van der Waals surface area contributed by atoms with E-state index in [1.54, 1.807) is 23.1 Å². The number of aliphatic imine (C=N–C) groups is 1. The van der Waals surface area contributed by atoms with Crippen LogP contribution in [0.2, 0.25) is 0 Å². The molecular weight excluding hydrogens is 372 g/mol. The summed E-state index contributed by atoms with van der Waals surface area (Å²) >= 11 is 3.46. The largest absolute Gasteiger partial charge is 0.378 e. The van der Waals surface area contributed by atoms with E-state index in [0.717, 1.165) is 25.2 Å². The maximum Gasteiger partial charge on any atom is 0.155 e. The van der Waals surface area contributed by atoms with Gasteiger partial charge in [-0.3, -0.25) is 4.99 Å². The highest BCUT2D eigenvalue weighted by Crippen LogP contribution is 2.50. The number of ether oxygens (including phenoxy) is 1. The number of rotatable bonds is 2. The Morgan fingerprint density at radius 3 is 2.81 bits per heavy atom. The Labute approximate surface area is 168 Å². The number of hydrogen-bond acceptors (Lipinski definition) is 5. The SMILES string of the molecule is CC1(c2cc(-c3cccc(C#CC4CC4)c3)cs2)CC2(COC2)SC(N)=N1. The molecule has 1 spiro atoms. The number of hydrogen-bond donors (Lipinski definition) is 1. The summed E-state index contributed by atoms with van der Waals surface area (Å²) in [6.07, 6.45) is 3.49. The van der Waals surface area contributed by atoms with E-state index in [1.165, 1.54) is 28.8 Å². The molecule has 2 aromatic rings. The zero-order valence-corrected chi connectivity index (χ0v) is 17.0. The van der Waals surface area contributed by atoms with E-state index in [4.69, 9.17) is 15.5 Å². The van der Waals surface area contributed by atoms with Crippen molar-refractivity contribution in [3.05, 3.63) is 46.2 Å². The Balaban J connectivity index is 1.44. The molecule has 3 aliphatic rings. The van der Waals surface area contributed by atoms with Crippen molar-refractivity contribution in [3.8, 4) is 23.0 Å². The second-order valence-corrected chi connectivity index (χ2v) is 10.4. The average Bonchev–Trinajstić information content (AvgIpc) is 3.31. The first-order valence-corrected chi connectivity index (χ1v) is 11.1. The van der Waals surface area contributed by atoms with Gasteiger partial charge < -0.3 is 10.5 Å². The van der Waals surface area contributed by atoms with Crippen LogP contribution in [0.1, 0.15) is 36.6 Å². The van der Waals surface area contributed by atoms with Crippen molar-refractivity contribution in [2.45, 2.75) is 36.5 Å². The molecule has 138 valence electrons. The van der Waals surface area contributed by atoms with Gasteiger partial charge in [0.05, 0.1) is 23.5 Å². The Bertz CT molecular complexity index is 975. The van der Waals surface area contributed by atoms with Gasteiger partial charge in [0.1, 0.15) is 0 Å². The molecule has 2 aliphatic heterocycles. The van der Waals surface area contributed by atoms with Crippen molar-refractivity contribution in [3.63, 3.8) is 0 Å². The lowest BCUT2D eigenvalue weighted by Gasteiger charge is -2.47. The standard InChI is InChI=1S/C22H22N2OS2/c1-21(12-22(13-25-14-22)27-20(23)24-21)19-10-18(11-26-19)17-4-2-3-16(9-17)8-7-15-5-6-15/h2-4,9-11,15H,5-6,12-14H2,1H3,(H2,23,24). The predicted molar refractivity (Wildman–Crippen MR) is 114 cm³/mol. The van der Waals surface area contributed by atoms with Crippen molar-refractivity contribution in [2.75, 3.05) is 13.2 Å². The van der Waals surface area contributed by atoms with Crippen LogP contribution in [0.4, 0.5) is 0 Å². The highest BCUT2D eigenvalue weighted by molar-refractivity contribution is 8.15. The molecule has 27 heavy (non-hydrogen) atoms. The molecule has 1 aromatic carbocycles. The first kappa shape index (κ1) is 17.4. The molecule has 1 atom stereocenters. The van der Waals surface area contributed by atoms with E-state index in [1.807, 2.05) is 0 Å². The summed E-state index contributed by atoms with van der Waals surface area (Å²) in [5.41, 5.74) is 9.45. The van der Waals surface area contributed by atoms with Crippen LogP contribution in [0, 0.1) is 17.8 Å². The van der Waals surface area contributed by atoms with Gasteiger partial charge in [-0.1, -0.05) is 35.7 Å². The van der Waals surface area contributed by atoms with Crippen molar-refractivity contribution < 1.29 is 4.74 Å². The lowest BCUT2D eigenvalue weighted by Crippen LogP contribution is -2.54. The first-order chi connectivity index (χ1) is 13.0. The lowest BCUT2D eigenvalue weighted by atomic mass is 9.85. The molecule has 5 rings (SSSR count). The molecule has 3 nitrogen and oxygen atoms in total. The molecule has 0 radical (unpaired) electrons. The molecule has 1 aromatic heterocycles. The van der Waals surface area contributed by atoms with Crippen LogP contribution in [0.3, 0.4) is 0 Å². The molecular formula is C22H22N2OS2. The maximum absolute atomic E-state index is 6.18. The van der Waals surface area contributed by atoms with Crippen LogP contribution in [-0.4, -0.2) is 23.1 Å². The van der Waals surface area contributed by atoms with Gasteiger partial charge in [-0.2, -0.15) is 0 Å². The fraction of sp³-hybridized carbons (Fsp3) is 0.409. The smallest absolute Gasteiger partial charge is 0.155 e. The minimum Gasteiger partial charge on any atom is -0.378 e. The highest BCUT2D eigenvalue weighted by atomic mass is 32.2. The minimum absolute atomic E-state index is 0.100. The van der Waals surface area contributed by atoms with E-state index < -0.39 is 0 Å². The van der Waals surface area contributed by atoms with E-state index >= 15 is 0 Å². The number of thiophene rings is 1. The maximum atomic E-state index is 6.18. The third kappa shape index (κ3) is 3.42. The summed E-state index contributed by atoms with van der Waals surface area (Å²) in [7, 11) is 0. The second kappa shape index (κ2) is 6.41. The highest BCUT2D eigenvalue weighted by Gasteiger charge is 2.50. The van der Waals surface area contributed by atoms with Gasteiger partial charge in [0.15, 0.2) is 5.17 Å². The summed E-state index contributed by atoms with van der Waals surface area (Å²) in [6, 6.07) is 10.8. The van der Waals surface area contributed by atoms with E-state index in [-0.39, 0.29) is 10.3 Å². The number of nitrogens with zero attached hydrogens (tertiary/aromatic N) is 1. The monoisotopic (exact) mass is 394 g/mol. The van der Waals surface area contributed by atoms with Gasteiger partial charge in [-0.15, -0.1) is 11.3 Å². The van der Waals surface area contributed by atoms with Gasteiger partial charge in [-0.05, 0) is 60.9 Å². The van der Waals surface area contributed by atoms with Crippen LogP contribution in [-0.2, 0) is 10.3 Å². The molecule has 2 N–H and O–H groups in total. The lowest BCUT2D eigenvalue weighted by molar-refractivity contribution is -0.0207. The second-order valence-electron chi connectivity index (χ2n) is 8.00. The number of thioether (sulfide) groups is 1. The zero-order chi connectivity index (χ0) is 18.5. The molecule has 0 bridgehead atoms. The van der Waals surface area contributed by atoms with Crippen LogP contribution < -0.4 is 5.73 Å².